The van der Waals surface area contributed by atoms with E-state index >= 15 is 0 Å². The lowest BCUT2D eigenvalue weighted by Crippen LogP contribution is -2.47. The van der Waals surface area contributed by atoms with Crippen molar-refractivity contribution in [3.63, 3.8) is 0 Å². The third kappa shape index (κ3) is 8.17. The molecule has 160 valence electrons. The van der Waals surface area contributed by atoms with E-state index in [1.54, 1.807) is 7.11 Å². The number of benzene rings is 1. The monoisotopic (exact) mass is 518 g/mol. The van der Waals surface area contributed by atoms with Crippen LogP contribution in [0.1, 0.15) is 47.1 Å². The molecule has 28 heavy (non-hydrogen) atoms. The molecule has 0 aliphatic heterocycles. The maximum atomic E-state index is 6.85. The molecule has 0 amide bonds. The molecule has 0 aliphatic rings. The molecular weight excluding hydrogens is 479 g/mol. The van der Waals surface area contributed by atoms with Gasteiger partial charge in [-0.3, -0.25) is 0 Å². The highest BCUT2D eigenvalue weighted by Crippen LogP contribution is 2.39. The maximum absolute atomic E-state index is 6.85. The van der Waals surface area contributed by atoms with Gasteiger partial charge in [-0.15, -0.1) is 0 Å². The molecule has 1 aromatic rings. The molecule has 0 heterocycles. The van der Waals surface area contributed by atoms with Gasteiger partial charge < -0.3 is 13.9 Å². The van der Waals surface area contributed by atoms with Crippen molar-refractivity contribution in [2.75, 3.05) is 13.7 Å². The molecule has 1 aromatic carbocycles. The highest BCUT2D eigenvalue weighted by atomic mass is 127. The largest absolute Gasteiger partial charge is 0.497 e. The van der Waals surface area contributed by atoms with Crippen LogP contribution in [0.3, 0.4) is 0 Å². The number of ether oxygens (including phenoxy) is 2. The van der Waals surface area contributed by atoms with Crippen LogP contribution in [-0.2, 0) is 15.8 Å². The van der Waals surface area contributed by atoms with Gasteiger partial charge in [-0.05, 0) is 68.9 Å². The minimum atomic E-state index is -1.86. The first-order valence-corrected chi connectivity index (χ1v) is 14.1. The van der Waals surface area contributed by atoms with Gasteiger partial charge in [0.15, 0.2) is 8.32 Å². The Morgan fingerprint density at radius 2 is 1.71 bits per heavy atom. The summed E-state index contributed by atoms with van der Waals surface area (Å²) >= 11 is 2.39. The van der Waals surface area contributed by atoms with Gasteiger partial charge in [-0.1, -0.05) is 52.8 Å². The third-order valence-electron chi connectivity index (χ3n) is 5.62. The quantitative estimate of drug-likeness (QED) is 0.242. The fourth-order valence-electron chi connectivity index (χ4n) is 2.90. The average Bonchev–Trinajstić information content (AvgIpc) is 2.58. The van der Waals surface area contributed by atoms with Gasteiger partial charge in [0.25, 0.3) is 0 Å². The summed E-state index contributed by atoms with van der Waals surface area (Å²) in [5.41, 5.74) is 1.16. The molecule has 0 saturated heterocycles. The van der Waals surface area contributed by atoms with Crippen molar-refractivity contribution in [3.8, 4) is 5.75 Å². The Morgan fingerprint density at radius 1 is 1.14 bits per heavy atom. The van der Waals surface area contributed by atoms with Crippen LogP contribution in [0.2, 0.25) is 18.1 Å². The third-order valence-corrected chi connectivity index (χ3v) is 10.5. The van der Waals surface area contributed by atoms with Crippen molar-refractivity contribution in [2.24, 2.45) is 11.8 Å². The van der Waals surface area contributed by atoms with Crippen LogP contribution in [0.25, 0.3) is 0 Å². The van der Waals surface area contributed by atoms with Gasteiger partial charge >= 0.3 is 0 Å². The Hall–Kier alpha value is -0.373. The molecule has 0 spiro atoms. The average molecular weight is 519 g/mol. The van der Waals surface area contributed by atoms with Crippen LogP contribution < -0.4 is 4.74 Å². The molecule has 0 unspecified atom stereocenters. The van der Waals surface area contributed by atoms with Gasteiger partial charge in [0.05, 0.1) is 26.4 Å². The van der Waals surface area contributed by atoms with Crippen LogP contribution in [0.4, 0.5) is 0 Å². The first kappa shape index (κ1) is 25.7. The Bertz CT molecular complexity index is 616. The molecular formula is C23H39IO3Si. The number of allylic oxidation sites excluding steroid dienone is 1. The van der Waals surface area contributed by atoms with E-state index in [0.29, 0.717) is 25.0 Å². The lowest BCUT2D eigenvalue weighted by molar-refractivity contribution is 0.0194. The minimum Gasteiger partial charge on any atom is -0.497 e. The summed E-state index contributed by atoms with van der Waals surface area (Å²) < 4.78 is 19.4. The first-order chi connectivity index (χ1) is 12.9. The highest BCUT2D eigenvalue weighted by Gasteiger charge is 2.41. The molecule has 3 atom stereocenters. The van der Waals surface area contributed by atoms with E-state index in [1.165, 1.54) is 3.58 Å². The van der Waals surface area contributed by atoms with Crippen molar-refractivity contribution in [3.05, 3.63) is 39.5 Å². The molecule has 0 fully saturated rings. The molecule has 0 N–H and O–H groups in total. The minimum absolute atomic E-state index is 0.154. The standard InChI is InChI=1S/C23H39IO3Si/c1-17(14-19(3)24)22(27-28(8,9)23(4,5)6)18(2)15-26-16-20-10-12-21(25-7)13-11-20/h10-14,17-18,22H,15-16H2,1-9H3/t17-,18-,22-/m0/s1. The zero-order valence-corrected chi connectivity index (χ0v) is 22.3. The molecule has 1 rings (SSSR count). The number of hydrogen-bond acceptors (Lipinski definition) is 3. The maximum Gasteiger partial charge on any atom is 0.192 e. The summed E-state index contributed by atoms with van der Waals surface area (Å²) in [5.74, 6) is 1.54. The van der Waals surface area contributed by atoms with Crippen molar-refractivity contribution in [1.29, 1.82) is 0 Å². The lowest BCUT2D eigenvalue weighted by Gasteiger charge is -2.42. The number of hydrogen-bond donors (Lipinski definition) is 0. The van der Waals surface area contributed by atoms with E-state index in [2.05, 4.69) is 95.4 Å². The van der Waals surface area contributed by atoms with Crippen LogP contribution >= 0.6 is 22.6 Å². The fourth-order valence-corrected chi connectivity index (χ4v) is 4.94. The highest BCUT2D eigenvalue weighted by molar-refractivity contribution is 14.1. The van der Waals surface area contributed by atoms with Gasteiger partial charge in [0, 0.05) is 11.8 Å². The number of methoxy groups -OCH3 is 1. The summed E-state index contributed by atoms with van der Waals surface area (Å²) in [4.78, 5) is 0. The Morgan fingerprint density at radius 3 is 2.18 bits per heavy atom. The second kappa shape index (κ2) is 11.1. The van der Waals surface area contributed by atoms with E-state index in [1.807, 2.05) is 12.1 Å². The topological polar surface area (TPSA) is 27.7 Å². The SMILES string of the molecule is COc1ccc(COC[C@H](C)[C@@H](O[Si](C)(C)C(C)(C)C)[C@@H](C)C=C(C)I)cc1. The second-order valence-corrected chi connectivity index (χ2v) is 15.8. The van der Waals surface area contributed by atoms with Gasteiger partial charge in [-0.25, -0.2) is 0 Å². The zero-order valence-electron chi connectivity index (χ0n) is 19.1. The summed E-state index contributed by atoms with van der Waals surface area (Å²) in [7, 11) is -0.176. The smallest absolute Gasteiger partial charge is 0.192 e. The molecule has 5 heteroatoms. The van der Waals surface area contributed by atoms with E-state index in [9.17, 15) is 0 Å². The van der Waals surface area contributed by atoms with Crippen LogP contribution in [0.15, 0.2) is 33.9 Å². The van der Waals surface area contributed by atoms with Gasteiger partial charge in [0.1, 0.15) is 5.75 Å². The molecule has 3 nitrogen and oxygen atoms in total. The Kier molecular flexibility index (Phi) is 10.2. The van der Waals surface area contributed by atoms with Crippen molar-refractivity contribution in [2.45, 2.75) is 72.4 Å². The summed E-state index contributed by atoms with van der Waals surface area (Å²) in [6.07, 6.45) is 2.47. The zero-order chi connectivity index (χ0) is 21.5. The summed E-state index contributed by atoms with van der Waals surface area (Å²) in [5, 5.41) is 0.192. The number of rotatable bonds is 10. The molecule has 0 saturated carbocycles. The van der Waals surface area contributed by atoms with Gasteiger partial charge in [0.2, 0.25) is 0 Å². The second-order valence-electron chi connectivity index (χ2n) is 9.30. The summed E-state index contributed by atoms with van der Waals surface area (Å²) in [6, 6.07) is 8.05. The van der Waals surface area contributed by atoms with Crippen LogP contribution in [-0.4, -0.2) is 28.1 Å². The van der Waals surface area contributed by atoms with Crippen molar-refractivity contribution >= 4 is 30.9 Å². The normalized spacial score (nSPS) is 16.6. The van der Waals surface area contributed by atoms with Crippen molar-refractivity contribution < 1.29 is 13.9 Å². The van der Waals surface area contributed by atoms with Crippen LogP contribution in [0, 0.1) is 11.8 Å². The molecule has 0 bridgehead atoms. The van der Waals surface area contributed by atoms with Gasteiger partial charge in [-0.2, -0.15) is 0 Å². The van der Waals surface area contributed by atoms with E-state index < -0.39 is 8.32 Å². The molecule has 0 aliphatic carbocycles. The molecule has 0 aromatic heterocycles. The summed E-state index contributed by atoms with van der Waals surface area (Å²) in [6.45, 7) is 19.5. The predicted octanol–water partition coefficient (Wildman–Crippen LogP) is 7.21. The lowest BCUT2D eigenvalue weighted by atomic mass is 9.94. The first-order valence-electron chi connectivity index (χ1n) is 10.1. The van der Waals surface area contributed by atoms with Crippen molar-refractivity contribution in [1.82, 2.24) is 0 Å². The number of halogens is 1. The fraction of sp³-hybridized carbons (Fsp3) is 0.652. The Labute approximate surface area is 187 Å². The van der Waals surface area contributed by atoms with Crippen LogP contribution in [0.5, 0.6) is 5.75 Å². The predicted molar refractivity (Wildman–Crippen MR) is 131 cm³/mol. The van der Waals surface area contributed by atoms with E-state index in [4.69, 9.17) is 13.9 Å². The van der Waals surface area contributed by atoms with E-state index in [0.717, 1.165) is 11.3 Å². The molecule has 0 radical (unpaired) electrons. The Balaban J connectivity index is 2.80. The van der Waals surface area contributed by atoms with E-state index in [-0.39, 0.29) is 11.1 Å².